The number of anilines is 2. The molecule has 4 nitrogen and oxygen atoms in total. The average molecular weight is 294 g/mol. The van der Waals surface area contributed by atoms with E-state index >= 15 is 0 Å². The van der Waals surface area contributed by atoms with Gasteiger partial charge < -0.3 is 10.0 Å². The first-order chi connectivity index (χ1) is 9.61. The summed E-state index contributed by atoms with van der Waals surface area (Å²) >= 11 is 1.39. The molecule has 0 saturated heterocycles. The maximum atomic E-state index is 13.8. The second-order valence-electron chi connectivity index (χ2n) is 4.21. The number of aromatic nitrogens is 1. The fourth-order valence-corrected chi connectivity index (χ4v) is 2.79. The van der Waals surface area contributed by atoms with Gasteiger partial charge in [0.25, 0.3) is 0 Å². The van der Waals surface area contributed by atoms with Crippen molar-refractivity contribution >= 4 is 28.1 Å². The lowest BCUT2D eigenvalue weighted by Crippen LogP contribution is -2.17. The number of carboxylic acids is 1. The first kappa shape index (κ1) is 14.5. The van der Waals surface area contributed by atoms with Gasteiger partial charge in [0.05, 0.1) is 17.8 Å². The van der Waals surface area contributed by atoms with Gasteiger partial charge in [-0.15, -0.1) is 11.3 Å². The molecule has 0 aliphatic carbocycles. The van der Waals surface area contributed by atoms with Gasteiger partial charge in [-0.3, -0.25) is 4.79 Å². The van der Waals surface area contributed by atoms with Crippen molar-refractivity contribution in [3.63, 3.8) is 0 Å². The highest BCUT2D eigenvalue weighted by molar-refractivity contribution is 7.13. The molecule has 0 amide bonds. The molecule has 1 heterocycles. The monoisotopic (exact) mass is 294 g/mol. The molecule has 0 aliphatic rings. The van der Waals surface area contributed by atoms with Gasteiger partial charge in [0.2, 0.25) is 0 Å². The van der Waals surface area contributed by atoms with Crippen LogP contribution in [0, 0.1) is 5.82 Å². The molecule has 0 radical (unpaired) electrons. The highest BCUT2D eigenvalue weighted by Gasteiger charge is 2.15. The lowest BCUT2D eigenvalue weighted by molar-refractivity contribution is -0.136. The summed E-state index contributed by atoms with van der Waals surface area (Å²) in [6.45, 7) is 2.51. The molecule has 0 unspecified atom stereocenters. The fourth-order valence-electron chi connectivity index (χ4n) is 1.85. The summed E-state index contributed by atoms with van der Waals surface area (Å²) in [6, 6.07) is 6.54. The van der Waals surface area contributed by atoms with Crippen molar-refractivity contribution in [2.45, 2.75) is 19.8 Å². The number of halogens is 1. The standard InChI is InChI=1S/C14H15FN2O2S/c1-2-17(12-6-4-3-5-11(12)15)14-16-10(9-20-14)7-8-13(18)19/h3-6,9H,2,7-8H2,1H3,(H,18,19). The van der Waals surface area contributed by atoms with E-state index in [1.54, 1.807) is 23.1 Å². The van der Waals surface area contributed by atoms with Gasteiger partial charge in [-0.05, 0) is 19.1 Å². The number of hydrogen-bond acceptors (Lipinski definition) is 4. The van der Waals surface area contributed by atoms with Gasteiger partial charge in [0, 0.05) is 18.3 Å². The quantitative estimate of drug-likeness (QED) is 0.886. The SMILES string of the molecule is CCN(c1nc(CCC(=O)O)cs1)c1ccccc1F. The molecule has 0 spiro atoms. The molecule has 0 aliphatic heterocycles. The molecule has 2 rings (SSSR count). The Bertz CT molecular complexity index is 600. The molecule has 106 valence electrons. The van der Waals surface area contributed by atoms with E-state index in [0.29, 0.717) is 23.8 Å². The molecule has 1 N–H and O–H groups in total. The van der Waals surface area contributed by atoms with Crippen molar-refractivity contribution in [1.82, 2.24) is 4.98 Å². The predicted molar refractivity (Wildman–Crippen MR) is 77.2 cm³/mol. The average Bonchev–Trinajstić information content (AvgIpc) is 2.88. The maximum Gasteiger partial charge on any atom is 0.303 e. The van der Waals surface area contributed by atoms with E-state index in [9.17, 15) is 9.18 Å². The topological polar surface area (TPSA) is 53.4 Å². The van der Waals surface area contributed by atoms with Gasteiger partial charge in [-0.1, -0.05) is 12.1 Å². The van der Waals surface area contributed by atoms with Gasteiger partial charge in [-0.25, -0.2) is 9.37 Å². The number of thiazole rings is 1. The number of carbonyl (C=O) groups is 1. The number of aliphatic carboxylic acids is 1. The van der Waals surface area contributed by atoms with Crippen molar-refractivity contribution in [2.75, 3.05) is 11.4 Å². The van der Waals surface area contributed by atoms with Crippen LogP contribution >= 0.6 is 11.3 Å². The summed E-state index contributed by atoms with van der Waals surface area (Å²) in [4.78, 5) is 16.7. The minimum absolute atomic E-state index is 0.0506. The largest absolute Gasteiger partial charge is 0.481 e. The summed E-state index contributed by atoms with van der Waals surface area (Å²) in [5, 5.41) is 11.2. The van der Waals surface area contributed by atoms with Gasteiger partial charge in [0.15, 0.2) is 5.13 Å². The summed E-state index contributed by atoms with van der Waals surface area (Å²) in [5.41, 5.74) is 1.20. The van der Waals surface area contributed by atoms with Crippen molar-refractivity contribution in [1.29, 1.82) is 0 Å². The van der Waals surface area contributed by atoms with E-state index in [0.717, 1.165) is 5.69 Å². The molecular weight excluding hydrogens is 279 g/mol. The van der Waals surface area contributed by atoms with E-state index in [1.165, 1.54) is 17.4 Å². The Kier molecular flexibility index (Phi) is 4.68. The summed E-state index contributed by atoms with van der Waals surface area (Å²) in [6.07, 6.45) is 0.440. The number of rotatable bonds is 6. The normalized spacial score (nSPS) is 10.5. The van der Waals surface area contributed by atoms with Crippen LogP contribution in [0.1, 0.15) is 19.0 Å². The number of para-hydroxylation sites is 1. The Morgan fingerprint density at radius 3 is 2.85 bits per heavy atom. The van der Waals surface area contributed by atoms with E-state index in [-0.39, 0.29) is 12.2 Å². The smallest absolute Gasteiger partial charge is 0.303 e. The van der Waals surface area contributed by atoms with Crippen molar-refractivity contribution in [3.05, 3.63) is 41.2 Å². The third-order valence-corrected chi connectivity index (χ3v) is 3.74. The minimum Gasteiger partial charge on any atom is -0.481 e. The molecule has 2 aromatic rings. The molecule has 6 heteroatoms. The van der Waals surface area contributed by atoms with E-state index in [1.807, 2.05) is 12.3 Å². The first-order valence-corrected chi connectivity index (χ1v) is 7.18. The number of nitrogens with zero attached hydrogens (tertiary/aromatic N) is 2. The fraction of sp³-hybridized carbons (Fsp3) is 0.286. The Hall–Kier alpha value is -1.95. The molecule has 1 aromatic heterocycles. The second-order valence-corrected chi connectivity index (χ2v) is 5.05. The lowest BCUT2D eigenvalue weighted by Gasteiger charge is -2.20. The highest BCUT2D eigenvalue weighted by atomic mass is 32.1. The predicted octanol–water partition coefficient (Wildman–Crippen LogP) is 3.46. The third-order valence-electron chi connectivity index (χ3n) is 2.83. The van der Waals surface area contributed by atoms with Crippen LogP contribution in [0.5, 0.6) is 0 Å². The van der Waals surface area contributed by atoms with E-state index < -0.39 is 5.97 Å². The first-order valence-electron chi connectivity index (χ1n) is 6.30. The van der Waals surface area contributed by atoms with Crippen LogP contribution in [-0.2, 0) is 11.2 Å². The number of benzene rings is 1. The van der Waals surface area contributed by atoms with Crippen LogP contribution < -0.4 is 4.90 Å². The summed E-state index contributed by atoms with van der Waals surface area (Å²) in [7, 11) is 0. The number of carboxylic acid groups (broad SMARTS) is 1. The molecule has 20 heavy (non-hydrogen) atoms. The second kappa shape index (κ2) is 6.47. The molecular formula is C14H15FN2O2S. The Balaban J connectivity index is 2.20. The van der Waals surface area contributed by atoms with Crippen LogP contribution in [0.15, 0.2) is 29.6 Å². The van der Waals surface area contributed by atoms with Gasteiger partial charge in [-0.2, -0.15) is 0 Å². The highest BCUT2D eigenvalue weighted by Crippen LogP contribution is 2.30. The van der Waals surface area contributed by atoms with Crippen LogP contribution in [0.2, 0.25) is 0 Å². The van der Waals surface area contributed by atoms with E-state index in [4.69, 9.17) is 5.11 Å². The maximum absolute atomic E-state index is 13.8. The van der Waals surface area contributed by atoms with Gasteiger partial charge in [0.1, 0.15) is 5.82 Å². The van der Waals surface area contributed by atoms with E-state index in [2.05, 4.69) is 4.98 Å². The zero-order valence-corrected chi connectivity index (χ0v) is 11.9. The Morgan fingerprint density at radius 2 is 2.20 bits per heavy atom. The van der Waals surface area contributed by atoms with Crippen molar-refractivity contribution < 1.29 is 14.3 Å². The zero-order chi connectivity index (χ0) is 14.5. The number of hydrogen-bond donors (Lipinski definition) is 1. The third kappa shape index (κ3) is 3.33. The zero-order valence-electron chi connectivity index (χ0n) is 11.0. The van der Waals surface area contributed by atoms with Crippen LogP contribution in [0.3, 0.4) is 0 Å². The summed E-state index contributed by atoms with van der Waals surface area (Å²) in [5.74, 6) is -1.14. The lowest BCUT2D eigenvalue weighted by atomic mass is 10.2. The van der Waals surface area contributed by atoms with Gasteiger partial charge >= 0.3 is 5.97 Å². The van der Waals surface area contributed by atoms with Crippen LogP contribution in [-0.4, -0.2) is 22.6 Å². The Labute approximate surface area is 120 Å². The molecule has 0 atom stereocenters. The van der Waals surface area contributed by atoms with Crippen molar-refractivity contribution in [2.24, 2.45) is 0 Å². The minimum atomic E-state index is -0.846. The molecule has 0 bridgehead atoms. The molecule has 1 aromatic carbocycles. The van der Waals surface area contributed by atoms with Crippen LogP contribution in [0.25, 0.3) is 0 Å². The summed E-state index contributed by atoms with van der Waals surface area (Å²) < 4.78 is 13.8. The molecule has 0 saturated carbocycles. The number of aryl methyl sites for hydroxylation is 1. The van der Waals surface area contributed by atoms with Crippen LogP contribution in [0.4, 0.5) is 15.2 Å². The molecule has 0 fully saturated rings. The van der Waals surface area contributed by atoms with Crippen molar-refractivity contribution in [3.8, 4) is 0 Å². The Morgan fingerprint density at radius 1 is 1.45 bits per heavy atom.